The summed E-state index contributed by atoms with van der Waals surface area (Å²) in [5.41, 5.74) is 1.32. The third-order valence-corrected chi connectivity index (χ3v) is 2.72. The lowest BCUT2D eigenvalue weighted by Gasteiger charge is -2.26. The lowest BCUT2D eigenvalue weighted by molar-refractivity contribution is 0.0647. The van der Waals surface area contributed by atoms with Crippen LogP contribution in [0.4, 0.5) is 0 Å². The molecule has 0 radical (unpaired) electrons. The molecule has 0 bridgehead atoms. The van der Waals surface area contributed by atoms with Crippen LogP contribution in [0.1, 0.15) is 19.4 Å². The normalized spacial score (nSPS) is 11.4. The van der Waals surface area contributed by atoms with E-state index in [0.29, 0.717) is 19.3 Å². The zero-order valence-corrected chi connectivity index (χ0v) is 10.8. The van der Waals surface area contributed by atoms with Crippen LogP contribution in [-0.4, -0.2) is 42.4 Å². The van der Waals surface area contributed by atoms with Gasteiger partial charge in [0.05, 0.1) is 19.8 Å². The molecule has 0 spiro atoms. The zero-order chi connectivity index (χ0) is 12.5. The maximum absolute atomic E-state index is 8.64. The van der Waals surface area contributed by atoms with Crippen molar-refractivity contribution in [2.45, 2.75) is 26.4 Å². The average Bonchev–Trinajstić information content (AvgIpc) is 2.34. The lowest BCUT2D eigenvalue weighted by Crippen LogP contribution is -2.33. The number of ether oxygens (including phenoxy) is 1. The van der Waals surface area contributed by atoms with Gasteiger partial charge in [-0.1, -0.05) is 30.3 Å². The second kappa shape index (κ2) is 8.23. The number of hydrogen-bond acceptors (Lipinski definition) is 3. The van der Waals surface area contributed by atoms with E-state index < -0.39 is 0 Å². The molecule has 3 nitrogen and oxygen atoms in total. The molecule has 1 rings (SSSR count). The van der Waals surface area contributed by atoms with Crippen molar-refractivity contribution in [3.05, 3.63) is 35.9 Å². The third kappa shape index (κ3) is 5.82. The van der Waals surface area contributed by atoms with Crippen molar-refractivity contribution >= 4 is 0 Å². The number of benzene rings is 1. The van der Waals surface area contributed by atoms with Crippen LogP contribution in [0.2, 0.25) is 0 Å². The van der Waals surface area contributed by atoms with Crippen molar-refractivity contribution in [3.63, 3.8) is 0 Å². The van der Waals surface area contributed by atoms with E-state index >= 15 is 0 Å². The van der Waals surface area contributed by atoms with Crippen LogP contribution in [0.15, 0.2) is 30.3 Å². The summed E-state index contributed by atoms with van der Waals surface area (Å²) in [4.78, 5) is 2.37. The Morgan fingerprint density at radius 1 is 1.18 bits per heavy atom. The Balaban J connectivity index is 2.38. The highest BCUT2D eigenvalue weighted by Crippen LogP contribution is 2.07. The fourth-order valence-electron chi connectivity index (χ4n) is 1.69. The highest BCUT2D eigenvalue weighted by atomic mass is 16.5. The summed E-state index contributed by atoms with van der Waals surface area (Å²) in [6.07, 6.45) is 0. The Kier molecular flexibility index (Phi) is 6.86. The monoisotopic (exact) mass is 237 g/mol. The van der Waals surface area contributed by atoms with Crippen molar-refractivity contribution in [2.75, 3.05) is 26.4 Å². The predicted molar refractivity (Wildman–Crippen MR) is 69.9 cm³/mol. The van der Waals surface area contributed by atoms with Crippen molar-refractivity contribution in [2.24, 2.45) is 0 Å². The SMILES string of the molecule is CC(C)N(CCOCCO)Cc1ccccc1. The molecule has 1 N–H and O–H groups in total. The Bertz CT molecular complexity index is 288. The first-order chi connectivity index (χ1) is 8.24. The molecule has 0 aromatic heterocycles. The minimum Gasteiger partial charge on any atom is -0.394 e. The maximum Gasteiger partial charge on any atom is 0.0698 e. The molecule has 0 aliphatic rings. The van der Waals surface area contributed by atoms with Gasteiger partial charge in [-0.2, -0.15) is 0 Å². The fourth-order valence-corrected chi connectivity index (χ4v) is 1.69. The van der Waals surface area contributed by atoms with Gasteiger partial charge in [0.2, 0.25) is 0 Å². The lowest BCUT2D eigenvalue weighted by atomic mass is 10.2. The summed E-state index contributed by atoms with van der Waals surface area (Å²) in [5.74, 6) is 0. The van der Waals surface area contributed by atoms with Gasteiger partial charge >= 0.3 is 0 Å². The molecule has 1 aromatic rings. The molecule has 0 amide bonds. The molecular weight excluding hydrogens is 214 g/mol. The van der Waals surface area contributed by atoms with Gasteiger partial charge < -0.3 is 9.84 Å². The summed E-state index contributed by atoms with van der Waals surface area (Å²) < 4.78 is 5.31. The van der Waals surface area contributed by atoms with E-state index in [1.54, 1.807) is 0 Å². The van der Waals surface area contributed by atoms with E-state index in [1.165, 1.54) is 5.56 Å². The van der Waals surface area contributed by atoms with Crippen LogP contribution in [0.5, 0.6) is 0 Å². The molecule has 0 atom stereocenters. The molecule has 3 heteroatoms. The first-order valence-electron chi connectivity index (χ1n) is 6.20. The van der Waals surface area contributed by atoms with Gasteiger partial charge in [0.1, 0.15) is 0 Å². The highest BCUT2D eigenvalue weighted by molar-refractivity contribution is 5.14. The summed E-state index contributed by atoms with van der Waals surface area (Å²) in [5, 5.41) is 8.64. The third-order valence-electron chi connectivity index (χ3n) is 2.72. The fraction of sp³-hybridized carbons (Fsp3) is 0.571. The highest BCUT2D eigenvalue weighted by Gasteiger charge is 2.09. The summed E-state index contributed by atoms with van der Waals surface area (Å²) in [6.45, 7) is 7.42. The van der Waals surface area contributed by atoms with E-state index in [1.807, 2.05) is 6.07 Å². The molecule has 96 valence electrons. The van der Waals surface area contributed by atoms with Crippen molar-refractivity contribution in [3.8, 4) is 0 Å². The minimum atomic E-state index is 0.0976. The smallest absolute Gasteiger partial charge is 0.0698 e. The molecule has 0 aliphatic heterocycles. The standard InChI is InChI=1S/C14H23NO2/c1-13(2)15(8-10-17-11-9-16)12-14-6-4-3-5-7-14/h3-7,13,16H,8-12H2,1-2H3. The number of rotatable bonds is 8. The van der Waals surface area contributed by atoms with Gasteiger partial charge in [0, 0.05) is 19.1 Å². The average molecular weight is 237 g/mol. The zero-order valence-electron chi connectivity index (χ0n) is 10.8. The van der Waals surface area contributed by atoms with E-state index in [2.05, 4.69) is 43.0 Å². The van der Waals surface area contributed by atoms with Gasteiger partial charge in [-0.25, -0.2) is 0 Å². The molecule has 0 heterocycles. The Morgan fingerprint density at radius 3 is 2.47 bits per heavy atom. The van der Waals surface area contributed by atoms with Crippen LogP contribution in [0, 0.1) is 0 Å². The molecule has 1 aromatic carbocycles. The van der Waals surface area contributed by atoms with Gasteiger partial charge in [-0.15, -0.1) is 0 Å². The van der Waals surface area contributed by atoms with Crippen LogP contribution in [0.25, 0.3) is 0 Å². The van der Waals surface area contributed by atoms with Crippen molar-refractivity contribution in [1.82, 2.24) is 4.90 Å². The maximum atomic E-state index is 8.64. The van der Waals surface area contributed by atoms with Gasteiger partial charge in [-0.3, -0.25) is 4.90 Å². The van der Waals surface area contributed by atoms with Crippen LogP contribution in [-0.2, 0) is 11.3 Å². The van der Waals surface area contributed by atoms with E-state index in [0.717, 1.165) is 13.1 Å². The van der Waals surface area contributed by atoms with Crippen molar-refractivity contribution in [1.29, 1.82) is 0 Å². The van der Waals surface area contributed by atoms with Crippen molar-refractivity contribution < 1.29 is 9.84 Å². The van der Waals surface area contributed by atoms with E-state index in [-0.39, 0.29) is 6.61 Å². The first-order valence-corrected chi connectivity index (χ1v) is 6.20. The predicted octanol–water partition coefficient (Wildman–Crippen LogP) is 1.91. The number of aliphatic hydroxyl groups is 1. The quantitative estimate of drug-likeness (QED) is 0.701. The van der Waals surface area contributed by atoms with Gasteiger partial charge in [-0.05, 0) is 19.4 Å². The van der Waals surface area contributed by atoms with E-state index in [9.17, 15) is 0 Å². The molecule has 0 fully saturated rings. The van der Waals surface area contributed by atoms with Gasteiger partial charge in [0.25, 0.3) is 0 Å². The Morgan fingerprint density at radius 2 is 1.88 bits per heavy atom. The molecule has 0 aliphatic carbocycles. The Hall–Kier alpha value is -0.900. The summed E-state index contributed by atoms with van der Waals surface area (Å²) >= 11 is 0. The van der Waals surface area contributed by atoms with Gasteiger partial charge in [0.15, 0.2) is 0 Å². The first kappa shape index (κ1) is 14.2. The molecular formula is C14H23NO2. The molecule has 17 heavy (non-hydrogen) atoms. The summed E-state index contributed by atoms with van der Waals surface area (Å²) in [7, 11) is 0. The second-order valence-corrected chi connectivity index (χ2v) is 4.39. The molecule has 0 saturated carbocycles. The number of hydrogen-bond donors (Lipinski definition) is 1. The minimum absolute atomic E-state index is 0.0976. The van der Waals surface area contributed by atoms with Crippen LogP contribution in [0.3, 0.4) is 0 Å². The van der Waals surface area contributed by atoms with Crippen LogP contribution >= 0.6 is 0 Å². The van der Waals surface area contributed by atoms with E-state index in [4.69, 9.17) is 9.84 Å². The Labute approximate surface area is 104 Å². The van der Waals surface area contributed by atoms with Crippen LogP contribution < -0.4 is 0 Å². The number of aliphatic hydroxyl groups excluding tert-OH is 1. The second-order valence-electron chi connectivity index (χ2n) is 4.39. The molecule has 0 saturated heterocycles. The largest absolute Gasteiger partial charge is 0.394 e. The topological polar surface area (TPSA) is 32.7 Å². The number of nitrogens with zero attached hydrogens (tertiary/aromatic N) is 1. The summed E-state index contributed by atoms with van der Waals surface area (Å²) in [6, 6.07) is 10.9. The molecule has 0 unspecified atom stereocenters.